The van der Waals surface area contributed by atoms with Gasteiger partial charge in [-0.25, -0.2) is 8.42 Å². The molecule has 22 heavy (non-hydrogen) atoms. The third kappa shape index (κ3) is 3.53. The topological polar surface area (TPSA) is 66.9 Å². The highest BCUT2D eigenvalue weighted by Crippen LogP contribution is 2.29. The Bertz CT molecular complexity index is 663. The predicted molar refractivity (Wildman–Crippen MR) is 83.6 cm³/mol. The fourth-order valence-electron chi connectivity index (χ4n) is 2.41. The minimum atomic E-state index is -3.68. The first-order valence-electron chi connectivity index (χ1n) is 6.95. The number of hydrogen-bond acceptors (Lipinski definition) is 4. The van der Waals surface area contributed by atoms with E-state index in [2.05, 4.69) is 0 Å². The van der Waals surface area contributed by atoms with Crippen LogP contribution in [-0.4, -0.2) is 56.8 Å². The summed E-state index contributed by atoms with van der Waals surface area (Å²) in [5, 5.41) is 0.132. The average Bonchev–Trinajstić information content (AvgIpc) is 2.73. The molecule has 0 saturated carbocycles. The van der Waals surface area contributed by atoms with Gasteiger partial charge in [-0.15, -0.1) is 0 Å². The van der Waals surface area contributed by atoms with Gasteiger partial charge in [0.15, 0.2) is 0 Å². The highest BCUT2D eigenvalue weighted by Gasteiger charge is 2.29. The number of amides is 1. The number of sulfonamides is 1. The van der Waals surface area contributed by atoms with Crippen LogP contribution in [0.3, 0.4) is 0 Å². The molecule has 1 amide bonds. The Kier molecular flexibility index (Phi) is 5.31. The summed E-state index contributed by atoms with van der Waals surface area (Å²) in [7, 11) is -2.19. The van der Waals surface area contributed by atoms with Gasteiger partial charge in [-0.05, 0) is 18.6 Å². The van der Waals surface area contributed by atoms with Gasteiger partial charge in [0.05, 0.1) is 12.1 Å². The number of carbonyl (C=O) groups is 1. The van der Waals surface area contributed by atoms with Crippen LogP contribution in [0.25, 0.3) is 0 Å². The van der Waals surface area contributed by atoms with Gasteiger partial charge >= 0.3 is 0 Å². The molecule has 1 aromatic rings. The van der Waals surface area contributed by atoms with Gasteiger partial charge in [-0.2, -0.15) is 4.31 Å². The lowest BCUT2D eigenvalue weighted by molar-refractivity contribution is -0.128. The molecule has 0 N–H and O–H groups in total. The minimum absolute atomic E-state index is 0.0401. The highest BCUT2D eigenvalue weighted by atomic mass is 35.5. The summed E-state index contributed by atoms with van der Waals surface area (Å²) < 4.78 is 31.9. The maximum absolute atomic E-state index is 12.7. The van der Waals surface area contributed by atoms with Crippen LogP contribution in [0.1, 0.15) is 13.3 Å². The molecule has 6 nitrogen and oxygen atoms in total. The zero-order valence-corrected chi connectivity index (χ0v) is 14.2. The summed E-state index contributed by atoms with van der Waals surface area (Å²) in [6.45, 7) is 3.09. The van der Waals surface area contributed by atoms with Crippen molar-refractivity contribution >= 4 is 27.5 Å². The first-order valence-corrected chi connectivity index (χ1v) is 8.77. The van der Waals surface area contributed by atoms with Crippen molar-refractivity contribution in [2.45, 2.75) is 18.2 Å². The van der Waals surface area contributed by atoms with Crippen LogP contribution in [0.2, 0.25) is 5.02 Å². The molecule has 0 spiro atoms. The van der Waals surface area contributed by atoms with Crippen molar-refractivity contribution in [3.05, 3.63) is 23.2 Å². The van der Waals surface area contributed by atoms with Gasteiger partial charge in [0.1, 0.15) is 10.6 Å². The average molecular weight is 347 g/mol. The van der Waals surface area contributed by atoms with Crippen LogP contribution in [-0.2, 0) is 14.8 Å². The Balaban J connectivity index is 2.25. The van der Waals surface area contributed by atoms with E-state index in [1.807, 2.05) is 0 Å². The zero-order chi connectivity index (χ0) is 16.3. The summed E-state index contributed by atoms with van der Waals surface area (Å²) >= 11 is 6.08. The van der Waals surface area contributed by atoms with Gasteiger partial charge in [0.25, 0.3) is 0 Å². The molecule has 0 radical (unpaired) electrons. The molecule has 0 aromatic heterocycles. The fourth-order valence-corrected chi connectivity index (χ4v) is 4.38. The SMILES string of the molecule is COc1ccc(S(=O)(=O)N2CCCN(C(C)=O)CC2)c(Cl)c1. The second-order valence-electron chi connectivity index (χ2n) is 5.06. The lowest BCUT2D eigenvalue weighted by Gasteiger charge is -2.21. The summed E-state index contributed by atoms with van der Waals surface area (Å²) in [5.41, 5.74) is 0. The van der Waals surface area contributed by atoms with Crippen molar-refractivity contribution in [2.75, 3.05) is 33.3 Å². The third-order valence-electron chi connectivity index (χ3n) is 3.66. The number of ether oxygens (including phenoxy) is 1. The number of carbonyl (C=O) groups excluding carboxylic acids is 1. The fraction of sp³-hybridized carbons (Fsp3) is 0.500. The molecule has 122 valence electrons. The molecule has 1 heterocycles. The van der Waals surface area contributed by atoms with Crippen LogP contribution in [0.4, 0.5) is 0 Å². The summed E-state index contributed by atoms with van der Waals surface area (Å²) in [4.78, 5) is 13.1. The second-order valence-corrected chi connectivity index (χ2v) is 7.37. The third-order valence-corrected chi connectivity index (χ3v) is 6.04. The largest absolute Gasteiger partial charge is 0.497 e. The standard InChI is InChI=1S/C14H19ClN2O4S/c1-11(18)16-6-3-7-17(9-8-16)22(19,20)14-5-4-12(21-2)10-13(14)15/h4-5,10H,3,6-9H2,1-2H3. The van der Waals surface area contributed by atoms with Gasteiger partial charge < -0.3 is 9.64 Å². The van der Waals surface area contributed by atoms with E-state index < -0.39 is 10.0 Å². The summed E-state index contributed by atoms with van der Waals surface area (Å²) in [6.07, 6.45) is 0.604. The van der Waals surface area contributed by atoms with Gasteiger partial charge in [0, 0.05) is 39.2 Å². The molecule has 1 aromatic carbocycles. The first kappa shape index (κ1) is 17.1. The van der Waals surface area contributed by atoms with E-state index in [1.54, 1.807) is 11.0 Å². The summed E-state index contributed by atoms with van der Waals surface area (Å²) in [5.74, 6) is 0.462. The second kappa shape index (κ2) is 6.85. The molecule has 8 heteroatoms. The molecule has 1 aliphatic rings. The van der Waals surface area contributed by atoms with E-state index in [1.165, 1.54) is 30.5 Å². The number of nitrogens with zero attached hydrogens (tertiary/aromatic N) is 2. The molecule has 2 rings (SSSR count). The zero-order valence-electron chi connectivity index (χ0n) is 12.6. The molecule has 1 aliphatic heterocycles. The van der Waals surface area contributed by atoms with Crippen molar-refractivity contribution < 1.29 is 17.9 Å². The molecular formula is C14H19ClN2O4S. The normalized spacial score (nSPS) is 17.1. The van der Waals surface area contributed by atoms with Crippen molar-refractivity contribution in [3.8, 4) is 5.75 Å². The Hall–Kier alpha value is -1.31. The van der Waals surface area contributed by atoms with Gasteiger partial charge in [-0.1, -0.05) is 11.6 Å². The smallest absolute Gasteiger partial charge is 0.244 e. The van der Waals surface area contributed by atoms with E-state index in [0.29, 0.717) is 31.8 Å². The lowest BCUT2D eigenvalue weighted by atomic mass is 10.3. The Morgan fingerprint density at radius 1 is 1.23 bits per heavy atom. The summed E-state index contributed by atoms with van der Waals surface area (Å²) in [6, 6.07) is 4.50. The van der Waals surface area contributed by atoms with Crippen LogP contribution in [0, 0.1) is 0 Å². The quantitative estimate of drug-likeness (QED) is 0.833. The lowest BCUT2D eigenvalue weighted by Crippen LogP contribution is -2.36. The maximum atomic E-state index is 12.7. The van der Waals surface area contributed by atoms with E-state index in [9.17, 15) is 13.2 Å². The monoisotopic (exact) mass is 346 g/mol. The van der Waals surface area contributed by atoms with E-state index in [4.69, 9.17) is 16.3 Å². The molecule has 0 unspecified atom stereocenters. The van der Waals surface area contributed by atoms with Crippen molar-refractivity contribution in [1.82, 2.24) is 9.21 Å². The molecule has 0 atom stereocenters. The number of hydrogen-bond donors (Lipinski definition) is 0. The predicted octanol–water partition coefficient (Wildman–Crippen LogP) is 1.59. The number of rotatable bonds is 3. The molecular weight excluding hydrogens is 328 g/mol. The molecule has 1 fully saturated rings. The number of halogens is 1. The minimum Gasteiger partial charge on any atom is -0.497 e. The van der Waals surface area contributed by atoms with E-state index in [0.717, 1.165) is 0 Å². The van der Waals surface area contributed by atoms with Crippen LogP contribution in [0.15, 0.2) is 23.1 Å². The van der Waals surface area contributed by atoms with Crippen LogP contribution >= 0.6 is 11.6 Å². The van der Waals surface area contributed by atoms with Gasteiger partial charge in [0.2, 0.25) is 15.9 Å². The maximum Gasteiger partial charge on any atom is 0.244 e. The van der Waals surface area contributed by atoms with Crippen molar-refractivity contribution in [1.29, 1.82) is 0 Å². The first-order chi connectivity index (χ1) is 10.4. The van der Waals surface area contributed by atoms with E-state index in [-0.39, 0.29) is 22.4 Å². The van der Waals surface area contributed by atoms with Gasteiger partial charge in [-0.3, -0.25) is 4.79 Å². The molecule has 0 bridgehead atoms. The van der Waals surface area contributed by atoms with Crippen molar-refractivity contribution in [3.63, 3.8) is 0 Å². The Morgan fingerprint density at radius 3 is 2.55 bits per heavy atom. The van der Waals surface area contributed by atoms with Crippen LogP contribution < -0.4 is 4.74 Å². The highest BCUT2D eigenvalue weighted by molar-refractivity contribution is 7.89. The van der Waals surface area contributed by atoms with E-state index >= 15 is 0 Å². The molecule has 1 saturated heterocycles. The molecule has 0 aliphatic carbocycles. The number of benzene rings is 1. The Labute approximate surface area is 135 Å². The number of methoxy groups -OCH3 is 1. The van der Waals surface area contributed by atoms with Crippen molar-refractivity contribution in [2.24, 2.45) is 0 Å². The van der Waals surface area contributed by atoms with Crippen LogP contribution in [0.5, 0.6) is 5.75 Å². The Morgan fingerprint density at radius 2 is 1.95 bits per heavy atom.